The average molecular weight is 336 g/mol. The molecule has 0 amide bonds. The van der Waals surface area contributed by atoms with Gasteiger partial charge in [-0.15, -0.1) is 0 Å². The lowest BCUT2D eigenvalue weighted by Gasteiger charge is -2.16. The molecule has 0 aliphatic heterocycles. The zero-order valence-corrected chi connectivity index (χ0v) is 13.5. The number of hydrogen-bond donors (Lipinski definition) is 1. The monoisotopic (exact) mass is 335 g/mol. The topological polar surface area (TPSA) is 25.2 Å². The molecule has 1 N–H and O–H groups in total. The van der Waals surface area contributed by atoms with Crippen LogP contribution in [0, 0.1) is 0 Å². The van der Waals surface area contributed by atoms with E-state index in [-0.39, 0.29) is 0 Å². The minimum atomic E-state index is 0.310. The van der Waals surface area contributed by atoms with Crippen molar-refractivity contribution in [2.24, 2.45) is 0 Å². The Morgan fingerprint density at radius 2 is 1.95 bits per heavy atom. The number of nitrogens with one attached hydrogen (secondary N) is 1. The molecule has 0 spiro atoms. The van der Waals surface area contributed by atoms with Crippen LogP contribution < -0.4 is 5.32 Å². The summed E-state index contributed by atoms with van der Waals surface area (Å²) in [6.45, 7) is 3.21. The average Bonchev–Trinajstić information content (AvgIpc) is 2.90. The number of halogens is 1. The van der Waals surface area contributed by atoms with Crippen LogP contribution in [0.2, 0.25) is 0 Å². The lowest BCUT2D eigenvalue weighted by Crippen LogP contribution is -2.21. The molecule has 0 fully saturated rings. The summed E-state index contributed by atoms with van der Waals surface area (Å²) in [4.78, 5) is 0. The highest BCUT2D eigenvalue weighted by atomic mass is 79.9. The predicted molar refractivity (Wildman–Crippen MR) is 86.8 cm³/mol. The zero-order valence-electron chi connectivity index (χ0n) is 11.9. The van der Waals surface area contributed by atoms with Gasteiger partial charge in [0.2, 0.25) is 0 Å². The van der Waals surface area contributed by atoms with Crippen LogP contribution in [0.3, 0.4) is 0 Å². The maximum Gasteiger partial charge on any atom is 0.169 e. The normalized spacial score (nSPS) is 12.5. The highest BCUT2D eigenvalue weighted by molar-refractivity contribution is 9.10. The van der Waals surface area contributed by atoms with E-state index < -0.39 is 0 Å². The van der Waals surface area contributed by atoms with E-state index in [4.69, 9.17) is 4.42 Å². The van der Waals surface area contributed by atoms with Crippen LogP contribution in [0.1, 0.15) is 43.6 Å². The molecule has 0 bridgehead atoms. The largest absolute Gasteiger partial charge is 0.453 e. The summed E-state index contributed by atoms with van der Waals surface area (Å²) in [6.07, 6.45) is 4.50. The Morgan fingerprint density at radius 3 is 2.60 bits per heavy atom. The van der Waals surface area contributed by atoms with Crippen molar-refractivity contribution in [3.8, 4) is 0 Å². The molecular weight excluding hydrogens is 314 g/mol. The fraction of sp³-hybridized carbons (Fsp3) is 0.412. The molecule has 1 heterocycles. The first-order chi connectivity index (χ1) is 9.79. The Labute approximate surface area is 129 Å². The standard InChI is InChI=1S/C17H22BrNO/c1-2-13-19-15(16-11-12-17(18)20-16)10-6-9-14-7-4-3-5-8-14/h3-5,7-8,11-12,15,19H,2,6,9-10,13H2,1H3. The Morgan fingerprint density at radius 1 is 1.15 bits per heavy atom. The summed E-state index contributed by atoms with van der Waals surface area (Å²) in [5.41, 5.74) is 1.40. The molecule has 2 rings (SSSR count). The molecular formula is C17H22BrNO. The molecule has 0 saturated carbocycles. The molecule has 0 aliphatic rings. The summed E-state index contributed by atoms with van der Waals surface area (Å²) in [7, 11) is 0. The molecule has 2 aromatic rings. The maximum atomic E-state index is 5.70. The van der Waals surface area contributed by atoms with Crippen LogP contribution in [0.15, 0.2) is 51.6 Å². The van der Waals surface area contributed by atoms with Crippen molar-refractivity contribution in [2.75, 3.05) is 6.54 Å². The van der Waals surface area contributed by atoms with E-state index in [1.807, 2.05) is 6.07 Å². The van der Waals surface area contributed by atoms with Crippen LogP contribution in [-0.4, -0.2) is 6.54 Å². The van der Waals surface area contributed by atoms with E-state index in [0.29, 0.717) is 6.04 Å². The first kappa shape index (κ1) is 15.3. The minimum Gasteiger partial charge on any atom is -0.453 e. The van der Waals surface area contributed by atoms with Gasteiger partial charge in [-0.1, -0.05) is 37.3 Å². The smallest absolute Gasteiger partial charge is 0.169 e. The molecule has 0 saturated heterocycles. The van der Waals surface area contributed by atoms with Crippen LogP contribution in [0.5, 0.6) is 0 Å². The van der Waals surface area contributed by atoms with Gasteiger partial charge < -0.3 is 9.73 Å². The van der Waals surface area contributed by atoms with Crippen LogP contribution in [-0.2, 0) is 6.42 Å². The van der Waals surface area contributed by atoms with E-state index in [1.54, 1.807) is 0 Å². The number of benzene rings is 1. The van der Waals surface area contributed by atoms with Crippen LogP contribution in [0.25, 0.3) is 0 Å². The molecule has 0 radical (unpaired) electrons. The van der Waals surface area contributed by atoms with Gasteiger partial charge in [-0.05, 0) is 65.9 Å². The number of hydrogen-bond acceptors (Lipinski definition) is 2. The maximum absolute atomic E-state index is 5.70. The minimum absolute atomic E-state index is 0.310. The predicted octanol–water partition coefficient (Wildman–Crippen LogP) is 5.11. The van der Waals surface area contributed by atoms with Crippen molar-refractivity contribution in [1.82, 2.24) is 5.32 Å². The zero-order chi connectivity index (χ0) is 14.2. The Kier molecular flexibility index (Phi) is 6.34. The highest BCUT2D eigenvalue weighted by Crippen LogP contribution is 2.24. The number of aryl methyl sites for hydroxylation is 1. The first-order valence-electron chi connectivity index (χ1n) is 7.32. The molecule has 1 atom stereocenters. The van der Waals surface area contributed by atoms with Crippen LogP contribution in [0.4, 0.5) is 0 Å². The van der Waals surface area contributed by atoms with Crippen LogP contribution >= 0.6 is 15.9 Å². The fourth-order valence-corrected chi connectivity index (χ4v) is 2.65. The Hall–Kier alpha value is -1.06. The second-order valence-corrected chi connectivity index (χ2v) is 5.81. The molecule has 2 nitrogen and oxygen atoms in total. The van der Waals surface area contributed by atoms with Crippen molar-refractivity contribution in [1.29, 1.82) is 0 Å². The van der Waals surface area contributed by atoms with Gasteiger partial charge in [-0.3, -0.25) is 0 Å². The van der Waals surface area contributed by atoms with Gasteiger partial charge >= 0.3 is 0 Å². The quantitative estimate of drug-likeness (QED) is 0.725. The van der Waals surface area contributed by atoms with Gasteiger partial charge in [0.05, 0.1) is 6.04 Å². The third-order valence-electron chi connectivity index (χ3n) is 3.38. The van der Waals surface area contributed by atoms with E-state index in [9.17, 15) is 0 Å². The van der Waals surface area contributed by atoms with Gasteiger partial charge in [0.25, 0.3) is 0 Å². The van der Waals surface area contributed by atoms with Crippen molar-refractivity contribution < 1.29 is 4.42 Å². The lowest BCUT2D eigenvalue weighted by molar-refractivity contribution is 0.381. The molecule has 1 unspecified atom stereocenters. The second-order valence-electron chi connectivity index (χ2n) is 5.03. The SMILES string of the molecule is CCCNC(CCCc1ccccc1)c1ccc(Br)o1. The van der Waals surface area contributed by atoms with E-state index in [0.717, 1.165) is 42.7 Å². The molecule has 3 heteroatoms. The van der Waals surface area contributed by atoms with Gasteiger partial charge in [0.15, 0.2) is 4.67 Å². The third-order valence-corrected chi connectivity index (χ3v) is 3.81. The Balaban J connectivity index is 1.87. The third kappa shape index (κ3) is 4.80. The number of rotatable bonds is 8. The Bertz CT molecular complexity index is 495. The van der Waals surface area contributed by atoms with Crippen molar-refractivity contribution >= 4 is 15.9 Å². The summed E-state index contributed by atoms with van der Waals surface area (Å²) >= 11 is 3.38. The van der Waals surface area contributed by atoms with Crippen molar-refractivity contribution in [3.05, 3.63) is 58.5 Å². The van der Waals surface area contributed by atoms with Gasteiger partial charge in [-0.25, -0.2) is 0 Å². The van der Waals surface area contributed by atoms with E-state index >= 15 is 0 Å². The van der Waals surface area contributed by atoms with Gasteiger partial charge in [0.1, 0.15) is 5.76 Å². The van der Waals surface area contributed by atoms with Crippen molar-refractivity contribution in [3.63, 3.8) is 0 Å². The lowest BCUT2D eigenvalue weighted by atomic mass is 10.0. The fourth-order valence-electron chi connectivity index (χ4n) is 2.33. The molecule has 0 aliphatic carbocycles. The molecule has 20 heavy (non-hydrogen) atoms. The molecule has 1 aromatic heterocycles. The van der Waals surface area contributed by atoms with Gasteiger partial charge in [0, 0.05) is 0 Å². The highest BCUT2D eigenvalue weighted by Gasteiger charge is 2.14. The van der Waals surface area contributed by atoms with Gasteiger partial charge in [-0.2, -0.15) is 0 Å². The van der Waals surface area contributed by atoms with E-state index in [2.05, 4.69) is 64.6 Å². The second kappa shape index (κ2) is 8.28. The first-order valence-corrected chi connectivity index (χ1v) is 8.11. The van der Waals surface area contributed by atoms with Crippen molar-refractivity contribution in [2.45, 2.75) is 38.6 Å². The molecule has 108 valence electrons. The molecule has 1 aromatic carbocycles. The summed E-state index contributed by atoms with van der Waals surface area (Å²) < 4.78 is 6.50. The van der Waals surface area contributed by atoms with E-state index in [1.165, 1.54) is 5.56 Å². The number of furan rings is 1. The summed E-state index contributed by atoms with van der Waals surface area (Å²) in [6, 6.07) is 15.0. The summed E-state index contributed by atoms with van der Waals surface area (Å²) in [5.74, 6) is 1.03. The summed E-state index contributed by atoms with van der Waals surface area (Å²) in [5, 5.41) is 3.57.